The maximum Gasteiger partial charge on any atom is 0.203 e. The molecule has 4 nitrogen and oxygen atoms in total. The third-order valence-corrected chi connectivity index (χ3v) is 3.44. The highest BCUT2D eigenvalue weighted by Crippen LogP contribution is 2.38. The van der Waals surface area contributed by atoms with Gasteiger partial charge in [-0.1, -0.05) is 6.92 Å². The van der Waals surface area contributed by atoms with E-state index in [1.54, 1.807) is 14.2 Å². The quantitative estimate of drug-likeness (QED) is 0.743. The summed E-state index contributed by atoms with van der Waals surface area (Å²) in [6.45, 7) is 9.88. The van der Waals surface area contributed by atoms with E-state index in [0.717, 1.165) is 18.5 Å². The van der Waals surface area contributed by atoms with Gasteiger partial charge in [-0.25, -0.2) is 0 Å². The van der Waals surface area contributed by atoms with Gasteiger partial charge in [0.25, 0.3) is 0 Å². The second kappa shape index (κ2) is 7.39. The van der Waals surface area contributed by atoms with Gasteiger partial charge in [0, 0.05) is 12.1 Å². The zero-order valence-electron chi connectivity index (χ0n) is 13.5. The Morgan fingerprint density at radius 3 is 2.10 bits per heavy atom. The van der Waals surface area contributed by atoms with Crippen LogP contribution in [0.3, 0.4) is 0 Å². The molecule has 0 atom stereocenters. The molecule has 0 amide bonds. The van der Waals surface area contributed by atoms with Crippen LogP contribution in [0.25, 0.3) is 0 Å². The fraction of sp³-hybridized carbons (Fsp3) is 0.625. The summed E-state index contributed by atoms with van der Waals surface area (Å²) in [5, 5.41) is 3.46. The highest BCUT2D eigenvalue weighted by Gasteiger charge is 2.15. The van der Waals surface area contributed by atoms with Gasteiger partial charge in [0.1, 0.15) is 6.61 Å². The van der Waals surface area contributed by atoms with Crippen LogP contribution in [-0.2, 0) is 0 Å². The van der Waals surface area contributed by atoms with Gasteiger partial charge in [0.15, 0.2) is 11.5 Å². The average molecular weight is 281 g/mol. The standard InChI is InChI=1S/C16H27NO3/c1-7-16(3,4)17-8-9-20-15-13(18-5)10-12(2)11-14(15)19-6/h10-11,17H,7-9H2,1-6H3. The molecule has 0 fully saturated rings. The molecule has 0 aliphatic rings. The monoisotopic (exact) mass is 281 g/mol. The lowest BCUT2D eigenvalue weighted by Gasteiger charge is -2.24. The summed E-state index contributed by atoms with van der Waals surface area (Å²) in [7, 11) is 3.28. The molecule has 0 spiro atoms. The first-order valence-electron chi connectivity index (χ1n) is 7.04. The SMILES string of the molecule is CCC(C)(C)NCCOc1c(OC)cc(C)cc1OC. The summed E-state index contributed by atoms with van der Waals surface area (Å²) < 4.78 is 16.6. The van der Waals surface area contributed by atoms with Crippen LogP contribution >= 0.6 is 0 Å². The molecule has 0 aliphatic heterocycles. The lowest BCUT2D eigenvalue weighted by atomic mass is 10.0. The van der Waals surface area contributed by atoms with E-state index in [0.29, 0.717) is 23.9 Å². The summed E-state index contributed by atoms with van der Waals surface area (Å²) in [6.07, 6.45) is 1.07. The number of aryl methyl sites for hydroxylation is 1. The van der Waals surface area contributed by atoms with E-state index < -0.39 is 0 Å². The molecule has 0 aliphatic carbocycles. The number of methoxy groups -OCH3 is 2. The third-order valence-electron chi connectivity index (χ3n) is 3.44. The molecule has 0 unspecified atom stereocenters. The van der Waals surface area contributed by atoms with Crippen molar-refractivity contribution in [2.75, 3.05) is 27.4 Å². The third kappa shape index (κ3) is 4.60. The van der Waals surface area contributed by atoms with Crippen LogP contribution in [0.4, 0.5) is 0 Å². The molecule has 20 heavy (non-hydrogen) atoms. The van der Waals surface area contributed by atoms with E-state index in [1.165, 1.54) is 0 Å². The van der Waals surface area contributed by atoms with Gasteiger partial charge in [-0.05, 0) is 44.9 Å². The molecule has 1 N–H and O–H groups in total. The molecule has 0 bridgehead atoms. The first-order valence-corrected chi connectivity index (χ1v) is 7.04. The second-order valence-corrected chi connectivity index (χ2v) is 5.51. The van der Waals surface area contributed by atoms with Crippen LogP contribution in [0.5, 0.6) is 17.2 Å². The van der Waals surface area contributed by atoms with E-state index in [2.05, 4.69) is 26.1 Å². The Kier molecular flexibility index (Phi) is 6.14. The molecule has 114 valence electrons. The Bertz CT molecular complexity index is 405. The van der Waals surface area contributed by atoms with Gasteiger partial charge >= 0.3 is 0 Å². The minimum atomic E-state index is 0.130. The molecular formula is C16H27NO3. The lowest BCUT2D eigenvalue weighted by Crippen LogP contribution is -2.40. The number of nitrogens with one attached hydrogen (secondary N) is 1. The van der Waals surface area contributed by atoms with Crippen molar-refractivity contribution >= 4 is 0 Å². The fourth-order valence-corrected chi connectivity index (χ4v) is 1.82. The van der Waals surface area contributed by atoms with Crippen molar-refractivity contribution in [1.29, 1.82) is 0 Å². The van der Waals surface area contributed by atoms with Gasteiger partial charge in [0.05, 0.1) is 14.2 Å². The molecule has 0 aromatic heterocycles. The summed E-state index contributed by atoms with van der Waals surface area (Å²) in [6, 6.07) is 3.89. The molecule has 0 radical (unpaired) electrons. The van der Waals surface area contributed by atoms with Gasteiger partial charge in [-0.3, -0.25) is 0 Å². The van der Waals surface area contributed by atoms with E-state index in [4.69, 9.17) is 14.2 Å². The van der Waals surface area contributed by atoms with Crippen LogP contribution in [0.15, 0.2) is 12.1 Å². The van der Waals surface area contributed by atoms with Crippen molar-refractivity contribution in [3.05, 3.63) is 17.7 Å². The topological polar surface area (TPSA) is 39.7 Å². The van der Waals surface area contributed by atoms with Crippen molar-refractivity contribution in [2.24, 2.45) is 0 Å². The molecular weight excluding hydrogens is 254 g/mol. The van der Waals surface area contributed by atoms with Gasteiger partial charge in [0.2, 0.25) is 5.75 Å². The van der Waals surface area contributed by atoms with Gasteiger partial charge in [-0.15, -0.1) is 0 Å². The Balaban J connectivity index is 2.67. The minimum Gasteiger partial charge on any atom is -0.493 e. The highest BCUT2D eigenvalue weighted by molar-refractivity contribution is 5.53. The Labute approximate surface area is 122 Å². The van der Waals surface area contributed by atoms with E-state index in [1.807, 2.05) is 19.1 Å². The summed E-state index contributed by atoms with van der Waals surface area (Å²) in [5.74, 6) is 2.07. The minimum absolute atomic E-state index is 0.130. The second-order valence-electron chi connectivity index (χ2n) is 5.51. The van der Waals surface area contributed by atoms with Crippen LogP contribution in [0.1, 0.15) is 32.8 Å². The van der Waals surface area contributed by atoms with E-state index in [9.17, 15) is 0 Å². The number of hydrogen-bond acceptors (Lipinski definition) is 4. The average Bonchev–Trinajstić information content (AvgIpc) is 2.43. The molecule has 1 aromatic carbocycles. The first-order chi connectivity index (χ1) is 9.43. The lowest BCUT2D eigenvalue weighted by molar-refractivity contribution is 0.255. The molecule has 4 heteroatoms. The molecule has 0 heterocycles. The number of benzene rings is 1. The Hall–Kier alpha value is -1.42. The van der Waals surface area contributed by atoms with Crippen molar-refractivity contribution in [3.8, 4) is 17.2 Å². The van der Waals surface area contributed by atoms with Crippen LogP contribution in [0, 0.1) is 6.92 Å². The van der Waals surface area contributed by atoms with E-state index >= 15 is 0 Å². The van der Waals surface area contributed by atoms with Crippen molar-refractivity contribution in [2.45, 2.75) is 39.7 Å². The largest absolute Gasteiger partial charge is 0.493 e. The highest BCUT2D eigenvalue weighted by atomic mass is 16.5. The Morgan fingerprint density at radius 2 is 1.65 bits per heavy atom. The van der Waals surface area contributed by atoms with Gasteiger partial charge in [-0.2, -0.15) is 0 Å². The fourth-order valence-electron chi connectivity index (χ4n) is 1.82. The zero-order chi connectivity index (χ0) is 15.2. The summed E-state index contributed by atoms with van der Waals surface area (Å²) >= 11 is 0. The van der Waals surface area contributed by atoms with Crippen LogP contribution < -0.4 is 19.5 Å². The summed E-state index contributed by atoms with van der Waals surface area (Å²) in [5.41, 5.74) is 1.21. The normalized spacial score (nSPS) is 11.3. The van der Waals surface area contributed by atoms with Crippen molar-refractivity contribution in [3.63, 3.8) is 0 Å². The number of rotatable bonds is 8. The van der Waals surface area contributed by atoms with E-state index in [-0.39, 0.29) is 5.54 Å². The van der Waals surface area contributed by atoms with Gasteiger partial charge < -0.3 is 19.5 Å². The maximum absolute atomic E-state index is 5.83. The summed E-state index contributed by atoms with van der Waals surface area (Å²) in [4.78, 5) is 0. The molecule has 1 rings (SSSR count). The molecule has 0 saturated carbocycles. The van der Waals surface area contributed by atoms with Crippen molar-refractivity contribution < 1.29 is 14.2 Å². The predicted molar refractivity (Wildman–Crippen MR) is 82.2 cm³/mol. The predicted octanol–water partition coefficient (Wildman–Crippen LogP) is 3.17. The number of hydrogen-bond donors (Lipinski definition) is 1. The number of ether oxygens (including phenoxy) is 3. The first kappa shape index (κ1) is 16.6. The van der Waals surface area contributed by atoms with Crippen molar-refractivity contribution in [1.82, 2.24) is 5.32 Å². The smallest absolute Gasteiger partial charge is 0.203 e. The Morgan fingerprint density at radius 1 is 1.10 bits per heavy atom. The zero-order valence-corrected chi connectivity index (χ0v) is 13.5. The maximum atomic E-state index is 5.83. The molecule has 1 aromatic rings. The van der Waals surface area contributed by atoms with Crippen LogP contribution in [0.2, 0.25) is 0 Å². The molecule has 0 saturated heterocycles. The van der Waals surface area contributed by atoms with Crippen LogP contribution in [-0.4, -0.2) is 32.9 Å².